The van der Waals surface area contributed by atoms with Gasteiger partial charge >= 0.3 is 6.03 Å². The maximum absolute atomic E-state index is 12.5. The Morgan fingerprint density at radius 2 is 2.45 bits per heavy atom. The van der Waals surface area contributed by atoms with Crippen LogP contribution in [0.15, 0.2) is 36.0 Å². The van der Waals surface area contributed by atoms with Crippen LogP contribution in [-0.2, 0) is 6.42 Å². The highest BCUT2D eigenvalue weighted by Crippen LogP contribution is 2.35. The zero-order chi connectivity index (χ0) is 13.9. The number of carbonyl (C=O) groups is 1. The molecule has 0 aromatic carbocycles. The van der Waals surface area contributed by atoms with Gasteiger partial charge in [-0.2, -0.15) is 0 Å². The van der Waals surface area contributed by atoms with Crippen molar-refractivity contribution >= 4 is 23.1 Å². The smallest absolute Gasteiger partial charge is 0.317 e. The molecule has 0 spiro atoms. The number of thiophene rings is 1. The number of hydrogen-bond acceptors (Lipinski definition) is 3. The summed E-state index contributed by atoms with van der Waals surface area (Å²) in [6.45, 7) is 2.90. The Kier molecular flexibility index (Phi) is 3.69. The summed E-state index contributed by atoms with van der Waals surface area (Å²) in [5.41, 5.74) is 2.05. The minimum absolute atomic E-state index is 0.0401. The zero-order valence-electron chi connectivity index (χ0n) is 11.4. The number of carbonyl (C=O) groups excluding carboxylic acids is 1. The fraction of sp³-hybridized carbons (Fsp3) is 0.333. The summed E-state index contributed by atoms with van der Waals surface area (Å²) in [6.07, 6.45) is 5.25. The van der Waals surface area contributed by atoms with Crippen molar-refractivity contribution in [3.05, 3.63) is 46.4 Å². The van der Waals surface area contributed by atoms with Crippen molar-refractivity contribution in [1.82, 2.24) is 9.88 Å². The molecule has 2 aromatic heterocycles. The van der Waals surface area contributed by atoms with E-state index in [1.54, 1.807) is 23.7 Å². The Labute approximate surface area is 122 Å². The fourth-order valence-corrected chi connectivity index (χ4v) is 3.64. The zero-order valence-corrected chi connectivity index (χ0v) is 12.2. The van der Waals surface area contributed by atoms with Gasteiger partial charge < -0.3 is 10.2 Å². The van der Waals surface area contributed by atoms with Crippen LogP contribution in [0.5, 0.6) is 0 Å². The van der Waals surface area contributed by atoms with Gasteiger partial charge in [-0.25, -0.2) is 4.79 Å². The summed E-state index contributed by atoms with van der Waals surface area (Å²) in [5.74, 6) is 0. The van der Waals surface area contributed by atoms with Gasteiger partial charge in [-0.1, -0.05) is 6.92 Å². The molecule has 4 nitrogen and oxygen atoms in total. The highest BCUT2D eigenvalue weighted by atomic mass is 32.1. The molecule has 3 rings (SSSR count). The van der Waals surface area contributed by atoms with Gasteiger partial charge in [-0.3, -0.25) is 4.98 Å². The molecule has 1 atom stereocenters. The van der Waals surface area contributed by atoms with Gasteiger partial charge in [0, 0.05) is 17.6 Å². The van der Waals surface area contributed by atoms with Crippen LogP contribution in [0, 0.1) is 0 Å². The average molecular weight is 287 g/mol. The molecule has 2 amide bonds. The van der Waals surface area contributed by atoms with E-state index in [0.29, 0.717) is 0 Å². The van der Waals surface area contributed by atoms with Crippen LogP contribution in [0.2, 0.25) is 0 Å². The van der Waals surface area contributed by atoms with E-state index in [4.69, 9.17) is 0 Å². The van der Waals surface area contributed by atoms with Crippen LogP contribution in [0.4, 0.5) is 10.5 Å². The van der Waals surface area contributed by atoms with Crippen molar-refractivity contribution in [3.63, 3.8) is 0 Å². The maximum Gasteiger partial charge on any atom is 0.322 e. The van der Waals surface area contributed by atoms with Gasteiger partial charge in [0.25, 0.3) is 0 Å². The van der Waals surface area contributed by atoms with E-state index in [0.717, 1.165) is 25.1 Å². The first-order valence-electron chi connectivity index (χ1n) is 6.83. The first kappa shape index (κ1) is 13.1. The van der Waals surface area contributed by atoms with Crippen LogP contribution in [0.25, 0.3) is 0 Å². The molecule has 0 saturated heterocycles. The lowest BCUT2D eigenvalue weighted by molar-refractivity contribution is 0.181. The number of pyridine rings is 1. The SMILES string of the molecule is CCC1c2ccsc2CCN1C(=O)Nc1cccnc1. The molecule has 1 aliphatic rings. The van der Waals surface area contributed by atoms with Crippen molar-refractivity contribution in [3.8, 4) is 0 Å². The minimum atomic E-state index is -0.0401. The third-order valence-corrected chi connectivity index (χ3v) is 4.65. The molecule has 0 aliphatic carbocycles. The van der Waals surface area contributed by atoms with E-state index in [2.05, 4.69) is 28.7 Å². The standard InChI is InChI=1S/C15H17N3OS/c1-2-13-12-6-9-20-14(12)5-8-18(13)15(19)17-11-4-3-7-16-10-11/h3-4,6-7,9-10,13H,2,5,8H2,1H3,(H,17,19). The van der Waals surface area contributed by atoms with Crippen molar-refractivity contribution < 1.29 is 4.79 Å². The Balaban J connectivity index is 1.78. The summed E-state index contributed by atoms with van der Waals surface area (Å²) in [7, 11) is 0. The molecule has 0 saturated carbocycles. The fourth-order valence-electron chi connectivity index (χ4n) is 2.71. The van der Waals surface area contributed by atoms with Gasteiger partial charge in [-0.15, -0.1) is 11.3 Å². The molecule has 1 N–H and O–H groups in total. The van der Waals surface area contributed by atoms with E-state index in [9.17, 15) is 4.79 Å². The number of aromatic nitrogens is 1. The number of nitrogens with zero attached hydrogens (tertiary/aromatic N) is 2. The summed E-state index contributed by atoms with van der Waals surface area (Å²) in [6, 6.07) is 5.97. The largest absolute Gasteiger partial charge is 0.322 e. The number of urea groups is 1. The third kappa shape index (κ3) is 2.41. The lowest BCUT2D eigenvalue weighted by Gasteiger charge is -2.35. The lowest BCUT2D eigenvalue weighted by atomic mass is 9.98. The Morgan fingerprint density at radius 1 is 1.55 bits per heavy atom. The predicted octanol–water partition coefficient (Wildman–Crippen LogP) is 3.68. The van der Waals surface area contributed by atoms with Crippen molar-refractivity contribution in [2.24, 2.45) is 0 Å². The minimum Gasteiger partial charge on any atom is -0.317 e. The molecule has 2 aromatic rings. The average Bonchev–Trinajstić information content (AvgIpc) is 2.95. The number of anilines is 1. The van der Waals surface area contributed by atoms with E-state index in [1.165, 1.54) is 10.4 Å². The van der Waals surface area contributed by atoms with Gasteiger partial charge in [0.2, 0.25) is 0 Å². The van der Waals surface area contributed by atoms with Crippen molar-refractivity contribution in [1.29, 1.82) is 0 Å². The van der Waals surface area contributed by atoms with Gasteiger partial charge in [0.1, 0.15) is 0 Å². The Morgan fingerprint density at radius 3 is 3.20 bits per heavy atom. The molecular weight excluding hydrogens is 270 g/mol. The first-order chi connectivity index (χ1) is 9.79. The third-order valence-electron chi connectivity index (χ3n) is 3.66. The highest BCUT2D eigenvalue weighted by Gasteiger charge is 2.30. The van der Waals surface area contributed by atoms with E-state index < -0.39 is 0 Å². The molecule has 0 fully saturated rings. The van der Waals surface area contributed by atoms with Gasteiger partial charge in [0.15, 0.2) is 0 Å². The highest BCUT2D eigenvalue weighted by molar-refractivity contribution is 7.10. The summed E-state index contributed by atoms with van der Waals surface area (Å²) < 4.78 is 0. The Hall–Kier alpha value is -1.88. The molecular formula is C15H17N3OS. The normalized spacial score (nSPS) is 17.6. The molecule has 0 bridgehead atoms. The Bertz CT molecular complexity index is 596. The van der Waals surface area contributed by atoms with E-state index in [-0.39, 0.29) is 12.1 Å². The first-order valence-corrected chi connectivity index (χ1v) is 7.71. The number of hydrogen-bond donors (Lipinski definition) is 1. The van der Waals surface area contributed by atoms with Crippen molar-refractivity contribution in [2.45, 2.75) is 25.8 Å². The quantitative estimate of drug-likeness (QED) is 0.915. The molecule has 104 valence electrons. The topological polar surface area (TPSA) is 45.2 Å². The van der Waals surface area contributed by atoms with Gasteiger partial charge in [0.05, 0.1) is 17.9 Å². The molecule has 1 unspecified atom stereocenters. The molecule has 3 heterocycles. The number of fused-ring (bicyclic) bond motifs is 1. The summed E-state index contributed by atoms with van der Waals surface area (Å²) in [4.78, 5) is 19.8. The second-order valence-electron chi connectivity index (χ2n) is 4.84. The van der Waals surface area contributed by atoms with Crippen LogP contribution >= 0.6 is 11.3 Å². The van der Waals surface area contributed by atoms with Crippen LogP contribution in [-0.4, -0.2) is 22.5 Å². The predicted molar refractivity (Wildman–Crippen MR) is 81.0 cm³/mol. The molecule has 20 heavy (non-hydrogen) atoms. The van der Waals surface area contributed by atoms with Gasteiger partial charge in [-0.05, 0) is 42.0 Å². The maximum atomic E-state index is 12.5. The van der Waals surface area contributed by atoms with E-state index in [1.807, 2.05) is 17.0 Å². The number of rotatable bonds is 2. The molecule has 0 radical (unpaired) electrons. The van der Waals surface area contributed by atoms with Crippen LogP contribution in [0.1, 0.15) is 29.8 Å². The van der Waals surface area contributed by atoms with E-state index >= 15 is 0 Å². The molecule has 1 aliphatic heterocycles. The van der Waals surface area contributed by atoms with Crippen molar-refractivity contribution in [2.75, 3.05) is 11.9 Å². The summed E-state index contributed by atoms with van der Waals surface area (Å²) >= 11 is 1.79. The monoisotopic (exact) mass is 287 g/mol. The number of amides is 2. The second kappa shape index (κ2) is 5.63. The molecule has 5 heteroatoms. The van der Waals surface area contributed by atoms with Crippen LogP contribution in [0.3, 0.4) is 0 Å². The lowest BCUT2D eigenvalue weighted by Crippen LogP contribution is -2.41. The second-order valence-corrected chi connectivity index (χ2v) is 5.84. The van der Waals surface area contributed by atoms with Crippen LogP contribution < -0.4 is 5.32 Å². The summed E-state index contributed by atoms with van der Waals surface area (Å²) in [5, 5.41) is 5.05. The number of nitrogens with one attached hydrogen (secondary N) is 1.